The number of piperidine rings is 1. The third kappa shape index (κ3) is 5.71. The van der Waals surface area contributed by atoms with Gasteiger partial charge >= 0.3 is 17.7 Å². The van der Waals surface area contributed by atoms with E-state index in [1.807, 2.05) is 0 Å². The fourth-order valence-corrected chi connectivity index (χ4v) is 3.34. The zero-order chi connectivity index (χ0) is 22.4. The number of rotatable bonds is 7. The molecule has 1 saturated heterocycles. The van der Waals surface area contributed by atoms with Crippen LogP contribution < -0.4 is 16.0 Å². The van der Waals surface area contributed by atoms with Crippen LogP contribution in [0.1, 0.15) is 52.0 Å². The molecule has 0 aliphatic carbocycles. The molecular formula is C21H28N4O6. The number of hydrogen-bond donors (Lipinski definition) is 1. The van der Waals surface area contributed by atoms with E-state index >= 15 is 0 Å². The first kappa shape index (κ1) is 22.5. The number of aromatic nitrogens is 2. The van der Waals surface area contributed by atoms with Crippen molar-refractivity contribution in [3.05, 3.63) is 32.4 Å². The third-order valence-corrected chi connectivity index (χ3v) is 5.41. The van der Waals surface area contributed by atoms with Gasteiger partial charge in [0.25, 0.3) is 5.56 Å². The zero-order valence-electron chi connectivity index (χ0n) is 18.1. The maximum absolute atomic E-state index is 12.6. The minimum atomic E-state index is -0.562. The van der Waals surface area contributed by atoms with Crippen LogP contribution in [-0.2, 0) is 11.2 Å². The van der Waals surface area contributed by atoms with E-state index in [1.165, 1.54) is 6.07 Å². The van der Waals surface area contributed by atoms with Crippen LogP contribution in [0.4, 0.5) is 4.79 Å². The molecule has 1 amide bonds. The van der Waals surface area contributed by atoms with Crippen molar-refractivity contribution in [3.8, 4) is 6.01 Å². The summed E-state index contributed by atoms with van der Waals surface area (Å²) in [4.78, 5) is 49.9. The molecule has 10 heteroatoms. The Bertz CT molecular complexity index is 1060. The van der Waals surface area contributed by atoms with Gasteiger partial charge in [0.15, 0.2) is 0 Å². The first-order valence-corrected chi connectivity index (χ1v) is 10.6. The Morgan fingerprint density at radius 1 is 1.32 bits per heavy atom. The normalized spacial score (nSPS) is 15.1. The first-order chi connectivity index (χ1) is 14.9. The van der Waals surface area contributed by atoms with E-state index in [0.717, 1.165) is 18.6 Å². The summed E-state index contributed by atoms with van der Waals surface area (Å²) in [6, 6.07) is 1.19. The molecule has 1 aliphatic heterocycles. The number of likely N-dealkylation sites (tertiary alicyclic amines) is 1. The fraction of sp³-hybridized carbons (Fsp3) is 0.571. The number of hydrogen-bond acceptors (Lipinski definition) is 8. The molecule has 0 radical (unpaired) electrons. The van der Waals surface area contributed by atoms with Crippen LogP contribution in [0.2, 0.25) is 0 Å². The van der Waals surface area contributed by atoms with Gasteiger partial charge in [-0.1, -0.05) is 25.4 Å². The predicted octanol–water partition coefficient (Wildman–Crippen LogP) is 2.84. The topological polar surface area (TPSA) is 127 Å². The van der Waals surface area contributed by atoms with Gasteiger partial charge in [0.2, 0.25) is 5.71 Å². The number of nitrogens with one attached hydrogen (secondary N) is 1. The van der Waals surface area contributed by atoms with Crippen LogP contribution in [0.15, 0.2) is 25.2 Å². The lowest BCUT2D eigenvalue weighted by atomic mass is 9.98. The summed E-state index contributed by atoms with van der Waals surface area (Å²) in [5, 5.41) is 4.30. The minimum Gasteiger partial charge on any atom is -0.450 e. The molecule has 0 spiro atoms. The molecule has 2 aromatic rings. The molecule has 168 valence electrons. The van der Waals surface area contributed by atoms with Crippen molar-refractivity contribution in [2.45, 2.75) is 52.9 Å². The summed E-state index contributed by atoms with van der Waals surface area (Å²) in [5.74, 6) is 0.475. The Morgan fingerprint density at radius 3 is 2.74 bits per heavy atom. The second-order valence-corrected chi connectivity index (χ2v) is 7.63. The Labute approximate surface area is 179 Å². The smallest absolute Gasteiger partial charge is 0.409 e. The van der Waals surface area contributed by atoms with Crippen molar-refractivity contribution >= 4 is 22.9 Å². The molecule has 2 aromatic heterocycles. The number of carbonyl (C=O) groups is 1. The van der Waals surface area contributed by atoms with Crippen LogP contribution in [-0.4, -0.2) is 46.4 Å². The van der Waals surface area contributed by atoms with Gasteiger partial charge < -0.3 is 18.9 Å². The van der Waals surface area contributed by atoms with Crippen LogP contribution in [0, 0.1) is 5.92 Å². The van der Waals surface area contributed by atoms with Gasteiger partial charge in [-0.15, -0.1) is 0 Å². The van der Waals surface area contributed by atoms with Gasteiger partial charge in [-0.05, 0) is 31.2 Å². The fourth-order valence-electron chi connectivity index (χ4n) is 3.34. The van der Waals surface area contributed by atoms with E-state index in [0.29, 0.717) is 50.4 Å². The van der Waals surface area contributed by atoms with Gasteiger partial charge in [-0.3, -0.25) is 9.78 Å². The molecule has 0 bridgehead atoms. The second-order valence-electron chi connectivity index (χ2n) is 7.63. The number of fused-ring (bicyclic) bond motifs is 1. The average Bonchev–Trinajstić information content (AvgIpc) is 2.75. The van der Waals surface area contributed by atoms with Crippen molar-refractivity contribution < 1.29 is 18.8 Å². The maximum atomic E-state index is 12.6. The molecule has 1 unspecified atom stereocenters. The molecule has 10 nitrogen and oxygen atoms in total. The zero-order valence-corrected chi connectivity index (χ0v) is 18.1. The van der Waals surface area contributed by atoms with Gasteiger partial charge in [0, 0.05) is 32.0 Å². The summed E-state index contributed by atoms with van der Waals surface area (Å²) >= 11 is 0. The minimum absolute atomic E-state index is 0.0669. The number of amides is 1. The quantitative estimate of drug-likeness (QED) is 0.666. The Kier molecular flexibility index (Phi) is 7.43. The lowest BCUT2D eigenvalue weighted by Crippen LogP contribution is -2.39. The first-order valence-electron chi connectivity index (χ1n) is 10.6. The third-order valence-electron chi connectivity index (χ3n) is 5.41. The second kappa shape index (κ2) is 10.2. The molecule has 1 fully saturated rings. The highest BCUT2D eigenvalue weighted by Gasteiger charge is 2.21. The molecular weight excluding hydrogens is 404 g/mol. The number of nitrogens with zero attached hydrogens (tertiary/aromatic N) is 3. The standard InChI is InChI=1S/C21H28N4O6/c1-4-13(3)6-7-14-12-16(26)30-19-17(14)18(27)22-20(23-19)31-24-15-8-10-25(11-9-15)21(28)29-5-2/h12-13H,4-11H2,1-3H3,(H,22,23,27). The largest absolute Gasteiger partial charge is 0.450 e. The molecule has 1 atom stereocenters. The number of aryl methyl sites for hydroxylation is 1. The number of oxime groups is 1. The highest BCUT2D eigenvalue weighted by Crippen LogP contribution is 2.18. The van der Waals surface area contributed by atoms with Crippen molar-refractivity contribution in [2.75, 3.05) is 19.7 Å². The summed E-state index contributed by atoms with van der Waals surface area (Å²) in [6.45, 7) is 7.25. The van der Waals surface area contributed by atoms with Crippen molar-refractivity contribution in [3.63, 3.8) is 0 Å². The number of ether oxygens (including phenoxy) is 1. The van der Waals surface area contributed by atoms with Crippen molar-refractivity contribution in [1.82, 2.24) is 14.9 Å². The summed E-state index contributed by atoms with van der Waals surface area (Å²) in [6.07, 6.45) is 3.15. The molecule has 31 heavy (non-hydrogen) atoms. The van der Waals surface area contributed by atoms with E-state index in [9.17, 15) is 14.4 Å². The van der Waals surface area contributed by atoms with Gasteiger partial charge in [0.05, 0.1) is 12.3 Å². The monoisotopic (exact) mass is 432 g/mol. The average molecular weight is 432 g/mol. The summed E-state index contributed by atoms with van der Waals surface area (Å²) in [7, 11) is 0. The van der Waals surface area contributed by atoms with E-state index < -0.39 is 11.2 Å². The SMILES string of the molecule is CCOC(=O)N1CCC(=NOc2nc3oc(=O)cc(CCC(C)CC)c3c(=O)[nH]2)CC1. The van der Waals surface area contributed by atoms with Crippen LogP contribution >= 0.6 is 0 Å². The number of carbonyl (C=O) groups excluding carboxylic acids is 1. The van der Waals surface area contributed by atoms with Gasteiger partial charge in [-0.25, -0.2) is 9.59 Å². The maximum Gasteiger partial charge on any atom is 0.409 e. The Morgan fingerprint density at radius 2 is 2.06 bits per heavy atom. The molecule has 1 N–H and O–H groups in total. The molecule has 3 heterocycles. The lowest BCUT2D eigenvalue weighted by molar-refractivity contribution is 0.107. The Balaban J connectivity index is 1.74. The van der Waals surface area contributed by atoms with Gasteiger partial charge in [0.1, 0.15) is 5.39 Å². The van der Waals surface area contributed by atoms with Crippen LogP contribution in [0.5, 0.6) is 6.01 Å². The highest BCUT2D eigenvalue weighted by molar-refractivity contribution is 5.86. The predicted molar refractivity (Wildman–Crippen MR) is 115 cm³/mol. The highest BCUT2D eigenvalue weighted by atomic mass is 16.6. The van der Waals surface area contributed by atoms with E-state index in [-0.39, 0.29) is 23.2 Å². The van der Waals surface area contributed by atoms with Gasteiger partial charge in [-0.2, -0.15) is 4.98 Å². The van der Waals surface area contributed by atoms with Crippen LogP contribution in [0.25, 0.3) is 11.1 Å². The summed E-state index contributed by atoms with van der Waals surface area (Å²) < 4.78 is 10.1. The molecule has 0 saturated carbocycles. The Hall–Kier alpha value is -3.17. The molecule has 0 aromatic carbocycles. The van der Waals surface area contributed by atoms with E-state index in [4.69, 9.17) is 14.0 Å². The van der Waals surface area contributed by atoms with E-state index in [1.54, 1.807) is 11.8 Å². The number of H-pyrrole nitrogens is 1. The van der Waals surface area contributed by atoms with Crippen molar-refractivity contribution in [1.29, 1.82) is 0 Å². The lowest BCUT2D eigenvalue weighted by Gasteiger charge is -2.26. The van der Waals surface area contributed by atoms with Crippen LogP contribution in [0.3, 0.4) is 0 Å². The molecule has 1 aliphatic rings. The van der Waals surface area contributed by atoms with Crippen molar-refractivity contribution in [2.24, 2.45) is 11.1 Å². The summed E-state index contributed by atoms with van der Waals surface area (Å²) in [5.41, 5.74) is 0.271. The molecule has 3 rings (SSSR count). The van der Waals surface area contributed by atoms with E-state index in [2.05, 4.69) is 29.0 Å². The number of aromatic amines is 1.